The first kappa shape index (κ1) is 14.2. The van der Waals surface area contributed by atoms with Crippen LogP contribution in [0.25, 0.3) is 0 Å². The number of methoxy groups -OCH3 is 2. The first-order valence-corrected chi connectivity index (χ1v) is 5.62. The van der Waals surface area contributed by atoms with Crippen molar-refractivity contribution >= 4 is 5.97 Å². The molecule has 0 atom stereocenters. The van der Waals surface area contributed by atoms with Crippen molar-refractivity contribution < 1.29 is 14.3 Å². The molecule has 0 fully saturated rings. The zero-order valence-corrected chi connectivity index (χ0v) is 10.9. The van der Waals surface area contributed by atoms with Crippen LogP contribution < -0.4 is 10.1 Å². The molecule has 0 amide bonds. The molecule has 0 aliphatic carbocycles. The summed E-state index contributed by atoms with van der Waals surface area (Å²) >= 11 is 0. The fourth-order valence-corrected chi connectivity index (χ4v) is 1.32. The number of nitrogens with zero attached hydrogens (tertiary/aromatic N) is 1. The Bertz CT molecular complexity index is 413. The maximum Gasteiger partial charge on any atom is 0.333 e. The minimum Gasteiger partial charge on any atom is -0.481 e. The number of hydrogen-bond donors (Lipinski definition) is 1. The van der Waals surface area contributed by atoms with E-state index < -0.39 is 0 Å². The van der Waals surface area contributed by atoms with Crippen LogP contribution in [0.15, 0.2) is 30.0 Å². The molecular formula is C13H18N2O3. The van der Waals surface area contributed by atoms with E-state index in [-0.39, 0.29) is 5.97 Å². The molecule has 0 radical (unpaired) electrons. The molecule has 0 saturated heterocycles. The van der Waals surface area contributed by atoms with Crippen LogP contribution in [0, 0.1) is 0 Å². The smallest absolute Gasteiger partial charge is 0.333 e. The monoisotopic (exact) mass is 250 g/mol. The average molecular weight is 250 g/mol. The van der Waals surface area contributed by atoms with Crippen LogP contribution in [0.3, 0.4) is 0 Å². The van der Waals surface area contributed by atoms with Crippen molar-refractivity contribution in [2.45, 2.75) is 13.5 Å². The highest BCUT2D eigenvalue weighted by Crippen LogP contribution is 2.06. The second kappa shape index (κ2) is 7.45. The van der Waals surface area contributed by atoms with Crippen LogP contribution in [0.5, 0.6) is 5.88 Å². The number of ether oxygens (including phenoxy) is 2. The molecule has 0 aromatic carbocycles. The van der Waals surface area contributed by atoms with Gasteiger partial charge in [-0.25, -0.2) is 9.78 Å². The molecule has 5 heteroatoms. The van der Waals surface area contributed by atoms with Gasteiger partial charge in [0.05, 0.1) is 14.2 Å². The maximum absolute atomic E-state index is 11.1. The summed E-state index contributed by atoms with van der Waals surface area (Å²) in [6.07, 6.45) is 3.55. The van der Waals surface area contributed by atoms with Gasteiger partial charge in [-0.2, -0.15) is 0 Å². The van der Waals surface area contributed by atoms with E-state index in [4.69, 9.17) is 4.74 Å². The van der Waals surface area contributed by atoms with Gasteiger partial charge in [-0.05, 0) is 12.5 Å². The number of carbonyl (C=O) groups excluding carboxylic acids is 1. The molecule has 18 heavy (non-hydrogen) atoms. The summed E-state index contributed by atoms with van der Waals surface area (Å²) in [5.41, 5.74) is 1.65. The second-order valence-corrected chi connectivity index (χ2v) is 3.72. The van der Waals surface area contributed by atoms with Gasteiger partial charge in [-0.1, -0.05) is 12.1 Å². The summed E-state index contributed by atoms with van der Waals surface area (Å²) in [6, 6.07) is 3.75. The number of nitrogens with one attached hydrogen (secondary N) is 1. The van der Waals surface area contributed by atoms with Crippen molar-refractivity contribution in [3.8, 4) is 5.88 Å². The van der Waals surface area contributed by atoms with Crippen LogP contribution in [0.1, 0.15) is 12.5 Å². The Kier molecular flexibility index (Phi) is 5.87. The lowest BCUT2D eigenvalue weighted by molar-refractivity contribution is -0.136. The molecule has 1 N–H and O–H groups in total. The molecule has 0 unspecified atom stereocenters. The van der Waals surface area contributed by atoms with Crippen LogP contribution in [0.4, 0.5) is 0 Å². The quantitative estimate of drug-likeness (QED) is 0.468. The van der Waals surface area contributed by atoms with Crippen molar-refractivity contribution in [3.05, 3.63) is 35.5 Å². The SMILES string of the molecule is COC(=O)/C(C)=C/CNCc1ccc(OC)nc1. The molecule has 1 aromatic rings. The third-order valence-corrected chi connectivity index (χ3v) is 2.40. The highest BCUT2D eigenvalue weighted by atomic mass is 16.5. The van der Waals surface area contributed by atoms with Crippen LogP contribution in [-0.4, -0.2) is 31.7 Å². The second-order valence-electron chi connectivity index (χ2n) is 3.72. The van der Waals surface area contributed by atoms with E-state index in [1.165, 1.54) is 7.11 Å². The van der Waals surface area contributed by atoms with Crippen LogP contribution in [-0.2, 0) is 16.1 Å². The number of esters is 1. The van der Waals surface area contributed by atoms with Crippen molar-refractivity contribution in [1.82, 2.24) is 10.3 Å². The molecule has 5 nitrogen and oxygen atoms in total. The van der Waals surface area contributed by atoms with E-state index in [2.05, 4.69) is 15.0 Å². The van der Waals surface area contributed by atoms with Gasteiger partial charge in [0.25, 0.3) is 0 Å². The Morgan fingerprint density at radius 1 is 1.44 bits per heavy atom. The van der Waals surface area contributed by atoms with E-state index in [1.54, 1.807) is 26.3 Å². The summed E-state index contributed by atoms with van der Waals surface area (Å²) in [5, 5.41) is 3.18. The fraction of sp³-hybridized carbons (Fsp3) is 0.385. The standard InChI is InChI=1S/C13H18N2O3/c1-10(13(16)18-3)6-7-14-8-11-4-5-12(17-2)15-9-11/h4-6,9,14H,7-8H2,1-3H3/b10-6+. The molecule has 1 heterocycles. The predicted molar refractivity (Wildman–Crippen MR) is 68.3 cm³/mol. The zero-order chi connectivity index (χ0) is 13.4. The molecule has 1 rings (SSSR count). The van der Waals surface area contributed by atoms with Gasteiger partial charge >= 0.3 is 5.97 Å². The average Bonchev–Trinajstić information content (AvgIpc) is 2.43. The summed E-state index contributed by atoms with van der Waals surface area (Å²) in [5.74, 6) is 0.295. The summed E-state index contributed by atoms with van der Waals surface area (Å²) < 4.78 is 9.57. The van der Waals surface area contributed by atoms with Gasteiger partial charge in [0.15, 0.2) is 0 Å². The van der Waals surface area contributed by atoms with E-state index in [0.29, 0.717) is 24.5 Å². The third-order valence-electron chi connectivity index (χ3n) is 2.40. The number of carbonyl (C=O) groups is 1. The molecule has 98 valence electrons. The first-order valence-electron chi connectivity index (χ1n) is 5.62. The lowest BCUT2D eigenvalue weighted by Crippen LogP contribution is -2.14. The van der Waals surface area contributed by atoms with Crippen molar-refractivity contribution in [2.75, 3.05) is 20.8 Å². The number of rotatable bonds is 6. The fourth-order valence-electron chi connectivity index (χ4n) is 1.32. The minimum atomic E-state index is -0.303. The molecule has 1 aromatic heterocycles. The van der Waals surface area contributed by atoms with Gasteiger partial charge in [-0.15, -0.1) is 0 Å². The van der Waals surface area contributed by atoms with E-state index in [1.807, 2.05) is 12.1 Å². The van der Waals surface area contributed by atoms with Gasteiger partial charge in [-0.3, -0.25) is 0 Å². The molecule has 0 aliphatic rings. The van der Waals surface area contributed by atoms with E-state index in [0.717, 1.165) is 5.56 Å². The van der Waals surface area contributed by atoms with E-state index in [9.17, 15) is 4.79 Å². The summed E-state index contributed by atoms with van der Waals surface area (Å²) in [6.45, 7) is 3.01. The maximum atomic E-state index is 11.1. The van der Waals surface area contributed by atoms with Gasteiger partial charge in [0.1, 0.15) is 0 Å². The highest BCUT2D eigenvalue weighted by molar-refractivity contribution is 5.87. The molecule has 0 aliphatic heterocycles. The van der Waals surface area contributed by atoms with Gasteiger partial charge < -0.3 is 14.8 Å². The largest absolute Gasteiger partial charge is 0.481 e. The Morgan fingerprint density at radius 2 is 2.22 bits per heavy atom. The number of aromatic nitrogens is 1. The number of pyridine rings is 1. The lowest BCUT2D eigenvalue weighted by Gasteiger charge is -2.04. The summed E-state index contributed by atoms with van der Waals surface area (Å²) in [7, 11) is 2.96. The van der Waals surface area contributed by atoms with Gasteiger partial charge in [0, 0.05) is 30.9 Å². The molecular weight excluding hydrogens is 232 g/mol. The molecule has 0 spiro atoms. The van der Waals surface area contributed by atoms with Crippen molar-refractivity contribution in [1.29, 1.82) is 0 Å². The number of hydrogen-bond acceptors (Lipinski definition) is 5. The van der Waals surface area contributed by atoms with E-state index >= 15 is 0 Å². The third kappa shape index (κ3) is 4.55. The molecule has 0 saturated carbocycles. The van der Waals surface area contributed by atoms with Crippen LogP contribution in [0.2, 0.25) is 0 Å². The topological polar surface area (TPSA) is 60.5 Å². The minimum absolute atomic E-state index is 0.303. The van der Waals surface area contributed by atoms with Crippen molar-refractivity contribution in [2.24, 2.45) is 0 Å². The first-order chi connectivity index (χ1) is 8.67. The van der Waals surface area contributed by atoms with Gasteiger partial charge in [0.2, 0.25) is 5.88 Å². The molecule has 0 bridgehead atoms. The zero-order valence-electron chi connectivity index (χ0n) is 10.9. The Balaban J connectivity index is 2.35. The Morgan fingerprint density at radius 3 is 2.78 bits per heavy atom. The Labute approximate surface area is 107 Å². The predicted octanol–water partition coefficient (Wildman–Crippen LogP) is 1.30. The van der Waals surface area contributed by atoms with Crippen molar-refractivity contribution in [3.63, 3.8) is 0 Å². The Hall–Kier alpha value is -1.88. The lowest BCUT2D eigenvalue weighted by atomic mass is 10.2. The normalized spacial score (nSPS) is 11.2. The van der Waals surface area contributed by atoms with Crippen LogP contribution >= 0.6 is 0 Å². The highest BCUT2D eigenvalue weighted by Gasteiger charge is 2.01. The summed E-state index contributed by atoms with van der Waals surface area (Å²) in [4.78, 5) is 15.2.